The first-order valence-corrected chi connectivity index (χ1v) is 9.03. The summed E-state index contributed by atoms with van der Waals surface area (Å²) in [5, 5.41) is 0. The van der Waals surface area contributed by atoms with E-state index in [0.717, 1.165) is 6.54 Å². The van der Waals surface area contributed by atoms with Gasteiger partial charge in [-0.2, -0.15) is 0 Å². The Kier molecular flexibility index (Phi) is 3.78. The topological polar surface area (TPSA) is 29.3 Å². The lowest BCUT2D eigenvalue weighted by Gasteiger charge is -2.43. The third kappa shape index (κ3) is 2.58. The number of nitrogens with zero attached hydrogens (tertiary/aromatic N) is 1. The van der Waals surface area contributed by atoms with Gasteiger partial charge in [0.2, 0.25) is 0 Å². The van der Waals surface area contributed by atoms with E-state index in [9.17, 15) is 0 Å². The Morgan fingerprint density at radius 3 is 2.43 bits per heavy atom. The second-order valence-corrected chi connectivity index (χ2v) is 10.4. The lowest BCUT2D eigenvalue weighted by atomic mass is 10.0. The molecule has 0 amide bonds. The van der Waals surface area contributed by atoms with Gasteiger partial charge in [-0.3, -0.25) is 0 Å². The third-order valence-electron chi connectivity index (χ3n) is 3.62. The molecule has 1 fully saturated rings. The summed E-state index contributed by atoms with van der Waals surface area (Å²) in [4.78, 5) is 0. The summed E-state index contributed by atoms with van der Waals surface area (Å²) in [6.07, 6.45) is 3.95. The van der Waals surface area contributed by atoms with Gasteiger partial charge in [-0.25, -0.2) is 0 Å². The maximum atomic E-state index is 5.61. The first kappa shape index (κ1) is 12.2. The van der Waals surface area contributed by atoms with Gasteiger partial charge in [0.15, 0.2) is 0 Å². The van der Waals surface area contributed by atoms with Gasteiger partial charge in [-0.1, -0.05) is 13.1 Å². The molecule has 0 saturated carbocycles. The van der Waals surface area contributed by atoms with Crippen molar-refractivity contribution in [2.75, 3.05) is 13.1 Å². The Hall–Kier alpha value is 0.137. The first-order chi connectivity index (χ1) is 6.40. The second-order valence-electron chi connectivity index (χ2n) is 5.77. The van der Waals surface area contributed by atoms with Crippen molar-refractivity contribution in [1.29, 1.82) is 0 Å². The fourth-order valence-electron chi connectivity index (χ4n) is 2.90. The molecule has 0 bridgehead atoms. The van der Waals surface area contributed by atoms with E-state index >= 15 is 0 Å². The lowest BCUT2D eigenvalue weighted by Crippen LogP contribution is -2.55. The molecule has 0 aromatic carbocycles. The molecule has 0 spiro atoms. The zero-order valence-electron chi connectivity index (χ0n) is 10.3. The predicted octanol–water partition coefficient (Wildman–Crippen LogP) is 2.41. The van der Waals surface area contributed by atoms with Gasteiger partial charge < -0.3 is 10.3 Å². The van der Waals surface area contributed by atoms with Crippen molar-refractivity contribution in [2.24, 2.45) is 5.73 Å². The van der Waals surface area contributed by atoms with Crippen molar-refractivity contribution in [3.63, 3.8) is 0 Å². The van der Waals surface area contributed by atoms with Crippen molar-refractivity contribution in [2.45, 2.75) is 57.8 Å². The summed E-state index contributed by atoms with van der Waals surface area (Å²) in [5.74, 6) is 0. The zero-order chi connectivity index (χ0) is 10.8. The number of hydrogen-bond acceptors (Lipinski definition) is 2. The summed E-state index contributed by atoms with van der Waals surface area (Å²) in [7, 11) is -1.17. The number of nitrogens with two attached hydrogens (primary N) is 1. The van der Waals surface area contributed by atoms with Crippen LogP contribution in [0.25, 0.3) is 0 Å². The molecule has 1 saturated heterocycles. The maximum Gasteiger partial charge on any atom is 0.122 e. The molecule has 0 aliphatic carbocycles. The summed E-state index contributed by atoms with van der Waals surface area (Å²) < 4.78 is 2.80. The summed E-state index contributed by atoms with van der Waals surface area (Å²) in [6.45, 7) is 12.0. The van der Waals surface area contributed by atoms with Crippen molar-refractivity contribution < 1.29 is 0 Å². The van der Waals surface area contributed by atoms with Gasteiger partial charge in [0.1, 0.15) is 8.24 Å². The van der Waals surface area contributed by atoms with Crippen LogP contribution in [-0.2, 0) is 0 Å². The van der Waals surface area contributed by atoms with Gasteiger partial charge in [-0.05, 0) is 52.2 Å². The first-order valence-electron chi connectivity index (χ1n) is 5.88. The van der Waals surface area contributed by atoms with Crippen LogP contribution in [0.5, 0.6) is 0 Å². The van der Waals surface area contributed by atoms with Crippen LogP contribution in [-0.4, -0.2) is 31.4 Å². The second kappa shape index (κ2) is 4.33. The van der Waals surface area contributed by atoms with Gasteiger partial charge in [-0.15, -0.1) is 0 Å². The SMILES string of the molecule is CC1(C)CCCN1[Si](C)(C)CCCN. The van der Waals surface area contributed by atoms with E-state index in [0.29, 0.717) is 5.54 Å². The molecule has 0 aromatic rings. The quantitative estimate of drug-likeness (QED) is 0.728. The van der Waals surface area contributed by atoms with E-state index in [1.54, 1.807) is 0 Å². The van der Waals surface area contributed by atoms with Crippen molar-refractivity contribution in [1.82, 2.24) is 4.57 Å². The molecule has 14 heavy (non-hydrogen) atoms. The smallest absolute Gasteiger partial charge is 0.122 e. The minimum absolute atomic E-state index is 0.449. The highest BCUT2D eigenvalue weighted by molar-refractivity contribution is 6.74. The van der Waals surface area contributed by atoms with Crippen LogP contribution < -0.4 is 5.73 Å². The van der Waals surface area contributed by atoms with Crippen LogP contribution in [0.4, 0.5) is 0 Å². The highest BCUT2D eigenvalue weighted by atomic mass is 28.3. The van der Waals surface area contributed by atoms with E-state index in [4.69, 9.17) is 5.73 Å². The van der Waals surface area contributed by atoms with E-state index < -0.39 is 8.24 Å². The van der Waals surface area contributed by atoms with E-state index in [2.05, 4.69) is 31.5 Å². The van der Waals surface area contributed by atoms with Crippen molar-refractivity contribution in [3.8, 4) is 0 Å². The molecule has 1 heterocycles. The average Bonchev–Trinajstić information content (AvgIpc) is 2.42. The Balaban J connectivity index is 2.61. The summed E-state index contributed by atoms with van der Waals surface area (Å²) in [5.41, 5.74) is 6.05. The van der Waals surface area contributed by atoms with E-state index in [1.807, 2.05) is 0 Å². The molecule has 1 rings (SSSR count). The Morgan fingerprint density at radius 1 is 1.36 bits per heavy atom. The molecule has 0 aromatic heterocycles. The average molecular weight is 214 g/mol. The maximum absolute atomic E-state index is 5.61. The lowest BCUT2D eigenvalue weighted by molar-refractivity contribution is 0.283. The van der Waals surface area contributed by atoms with Gasteiger partial charge in [0.05, 0.1) is 0 Å². The molecule has 1 aliphatic rings. The van der Waals surface area contributed by atoms with E-state index in [-0.39, 0.29) is 0 Å². The molecule has 3 heteroatoms. The van der Waals surface area contributed by atoms with Crippen LogP contribution in [0.3, 0.4) is 0 Å². The van der Waals surface area contributed by atoms with Crippen molar-refractivity contribution >= 4 is 8.24 Å². The number of rotatable bonds is 4. The molecular formula is C11H26N2Si. The van der Waals surface area contributed by atoms with Gasteiger partial charge >= 0.3 is 0 Å². The van der Waals surface area contributed by atoms with Crippen LogP contribution in [0.2, 0.25) is 19.1 Å². The summed E-state index contributed by atoms with van der Waals surface area (Å²) >= 11 is 0. The highest BCUT2D eigenvalue weighted by Crippen LogP contribution is 2.34. The molecule has 84 valence electrons. The molecule has 1 aliphatic heterocycles. The van der Waals surface area contributed by atoms with Crippen LogP contribution in [0.15, 0.2) is 0 Å². The molecule has 0 unspecified atom stereocenters. The molecule has 2 nitrogen and oxygen atoms in total. The normalized spacial score (nSPS) is 22.9. The largest absolute Gasteiger partial charge is 0.330 e. The highest BCUT2D eigenvalue weighted by Gasteiger charge is 2.41. The third-order valence-corrected chi connectivity index (χ3v) is 7.49. The predicted molar refractivity (Wildman–Crippen MR) is 66.0 cm³/mol. The Bertz CT molecular complexity index is 190. The monoisotopic (exact) mass is 214 g/mol. The van der Waals surface area contributed by atoms with Crippen LogP contribution >= 0.6 is 0 Å². The molecule has 0 atom stereocenters. The minimum atomic E-state index is -1.17. The fraction of sp³-hybridized carbons (Fsp3) is 1.00. The summed E-state index contributed by atoms with van der Waals surface area (Å²) in [6, 6.07) is 1.35. The van der Waals surface area contributed by atoms with Crippen LogP contribution in [0, 0.1) is 0 Å². The van der Waals surface area contributed by atoms with Gasteiger partial charge in [0, 0.05) is 5.54 Å². The molecule has 2 N–H and O–H groups in total. The fourth-order valence-corrected chi connectivity index (χ4v) is 6.75. The number of hydrogen-bond donors (Lipinski definition) is 1. The van der Waals surface area contributed by atoms with E-state index in [1.165, 1.54) is 31.9 Å². The Morgan fingerprint density at radius 2 is 2.00 bits per heavy atom. The van der Waals surface area contributed by atoms with Gasteiger partial charge in [0.25, 0.3) is 0 Å². The Labute approximate surface area is 89.9 Å². The minimum Gasteiger partial charge on any atom is -0.330 e. The van der Waals surface area contributed by atoms with Crippen LogP contribution in [0.1, 0.15) is 33.1 Å². The molecular weight excluding hydrogens is 188 g/mol. The standard InChI is InChI=1S/C11H26N2Si/c1-11(2)7-5-9-13(11)14(3,4)10-6-8-12/h5-10,12H2,1-4H3. The zero-order valence-corrected chi connectivity index (χ0v) is 11.3. The molecule has 0 radical (unpaired) electrons. The van der Waals surface area contributed by atoms with Crippen molar-refractivity contribution in [3.05, 3.63) is 0 Å².